The molecule has 1 aliphatic rings. The molecule has 0 radical (unpaired) electrons. The molecule has 1 aromatic heterocycles. The van der Waals surface area contributed by atoms with Crippen LogP contribution in [-0.2, 0) is 11.2 Å². The third-order valence-corrected chi connectivity index (χ3v) is 6.17. The first-order valence-electron chi connectivity index (χ1n) is 10.5. The minimum atomic E-state index is -0.357. The average molecular weight is 434 g/mol. The average Bonchev–Trinajstić information content (AvgIpc) is 3.16. The van der Waals surface area contributed by atoms with E-state index in [9.17, 15) is 4.79 Å². The van der Waals surface area contributed by atoms with E-state index in [0.29, 0.717) is 16.7 Å². The summed E-state index contributed by atoms with van der Waals surface area (Å²) in [5.41, 5.74) is 5.50. The fourth-order valence-corrected chi connectivity index (χ4v) is 4.32. The van der Waals surface area contributed by atoms with Gasteiger partial charge in [0.25, 0.3) is 5.91 Å². The molecule has 1 atom stereocenters. The fraction of sp³-hybridized carbons (Fsp3) is 0.292. The first-order valence-corrected chi connectivity index (χ1v) is 11.5. The number of nitrogens with one attached hydrogen (secondary N) is 2. The lowest BCUT2D eigenvalue weighted by molar-refractivity contribution is -0.113. The summed E-state index contributed by atoms with van der Waals surface area (Å²) in [6.45, 7) is 8.11. The van der Waals surface area contributed by atoms with E-state index < -0.39 is 0 Å². The van der Waals surface area contributed by atoms with Crippen LogP contribution in [0, 0.1) is 6.92 Å². The molecule has 0 bridgehead atoms. The highest BCUT2D eigenvalue weighted by atomic mass is 32.2. The summed E-state index contributed by atoms with van der Waals surface area (Å²) in [4.78, 5) is 18.1. The van der Waals surface area contributed by atoms with Crippen LogP contribution in [0.5, 0.6) is 0 Å². The number of hydrogen-bond donors (Lipinski definition) is 2. The van der Waals surface area contributed by atoms with Gasteiger partial charge in [-0.2, -0.15) is 4.98 Å². The Hall–Kier alpha value is -3.06. The van der Waals surface area contributed by atoms with Gasteiger partial charge in [-0.05, 0) is 48.8 Å². The van der Waals surface area contributed by atoms with Gasteiger partial charge < -0.3 is 10.6 Å². The second-order valence-electron chi connectivity index (χ2n) is 7.53. The maximum absolute atomic E-state index is 13.5. The monoisotopic (exact) mass is 433 g/mol. The maximum Gasteiger partial charge on any atom is 0.255 e. The molecule has 0 saturated carbocycles. The van der Waals surface area contributed by atoms with Gasteiger partial charge in [-0.3, -0.25) is 4.79 Å². The molecule has 7 heteroatoms. The van der Waals surface area contributed by atoms with E-state index >= 15 is 0 Å². The molecule has 1 amide bonds. The number of benzene rings is 2. The molecule has 0 spiro atoms. The Labute approximate surface area is 187 Å². The molecule has 160 valence electrons. The normalized spacial score (nSPS) is 15.4. The van der Waals surface area contributed by atoms with Gasteiger partial charge in [-0.1, -0.05) is 68.1 Å². The summed E-state index contributed by atoms with van der Waals surface area (Å²) in [5.74, 6) is 1.40. The van der Waals surface area contributed by atoms with Crippen LogP contribution in [0.1, 0.15) is 43.5 Å². The van der Waals surface area contributed by atoms with Crippen molar-refractivity contribution in [2.24, 2.45) is 0 Å². The van der Waals surface area contributed by atoms with Crippen molar-refractivity contribution in [1.29, 1.82) is 0 Å². The third-order valence-electron chi connectivity index (χ3n) is 5.45. The van der Waals surface area contributed by atoms with Crippen molar-refractivity contribution in [2.45, 2.75) is 45.3 Å². The molecule has 1 aliphatic heterocycles. The Kier molecular flexibility index (Phi) is 6.13. The molecule has 1 unspecified atom stereocenters. The molecule has 3 aromatic rings. The molecule has 0 saturated heterocycles. The van der Waals surface area contributed by atoms with Gasteiger partial charge in [0.2, 0.25) is 11.1 Å². The number of rotatable bonds is 6. The number of carbonyl (C=O) groups is 1. The van der Waals surface area contributed by atoms with Gasteiger partial charge in [-0.15, -0.1) is 5.10 Å². The van der Waals surface area contributed by atoms with E-state index in [1.165, 1.54) is 5.56 Å². The number of anilines is 2. The van der Waals surface area contributed by atoms with Crippen molar-refractivity contribution in [1.82, 2.24) is 14.8 Å². The van der Waals surface area contributed by atoms with Crippen LogP contribution < -0.4 is 10.6 Å². The predicted molar refractivity (Wildman–Crippen MR) is 127 cm³/mol. The van der Waals surface area contributed by atoms with Crippen LogP contribution in [-0.4, -0.2) is 26.4 Å². The van der Waals surface area contributed by atoms with E-state index in [-0.39, 0.29) is 11.9 Å². The number of fused-ring (bicyclic) bond motifs is 1. The molecular weight excluding hydrogens is 406 g/mol. The van der Waals surface area contributed by atoms with Crippen molar-refractivity contribution >= 4 is 29.3 Å². The smallest absolute Gasteiger partial charge is 0.255 e. The summed E-state index contributed by atoms with van der Waals surface area (Å²) in [6.07, 6.45) is 0.966. The fourth-order valence-electron chi connectivity index (χ4n) is 3.76. The molecule has 0 aliphatic carbocycles. The van der Waals surface area contributed by atoms with Crippen molar-refractivity contribution in [3.63, 3.8) is 0 Å². The lowest BCUT2D eigenvalue weighted by atomic mass is 9.94. The first-order chi connectivity index (χ1) is 15.0. The Balaban J connectivity index is 1.78. The Morgan fingerprint density at radius 1 is 1.13 bits per heavy atom. The second-order valence-corrected chi connectivity index (χ2v) is 8.76. The largest absolute Gasteiger partial charge is 0.328 e. The molecule has 0 fully saturated rings. The van der Waals surface area contributed by atoms with E-state index in [1.54, 1.807) is 11.8 Å². The van der Waals surface area contributed by atoms with Gasteiger partial charge in [0.05, 0.1) is 5.57 Å². The summed E-state index contributed by atoms with van der Waals surface area (Å²) < 4.78 is 1.83. The molecule has 31 heavy (non-hydrogen) atoms. The zero-order valence-electron chi connectivity index (χ0n) is 18.3. The first kappa shape index (κ1) is 21.2. The van der Waals surface area contributed by atoms with E-state index in [4.69, 9.17) is 5.10 Å². The number of hydrogen-bond acceptors (Lipinski definition) is 5. The Morgan fingerprint density at radius 2 is 1.87 bits per heavy atom. The quantitative estimate of drug-likeness (QED) is 0.524. The van der Waals surface area contributed by atoms with Gasteiger partial charge in [0.15, 0.2) is 0 Å². The van der Waals surface area contributed by atoms with Crippen molar-refractivity contribution in [3.05, 3.63) is 76.5 Å². The standard InChI is InChI=1S/C24H27N5OS/c1-5-17-11-13-18(14-12-17)21-20(22(30)26-19-10-8-7-9-15(19)3)16(4)25-23-27-24(31-6-2)28-29(21)23/h7-14,21H,5-6H2,1-4H3,(H,26,30)(H,25,27,28). The number of amides is 1. The van der Waals surface area contributed by atoms with Crippen molar-refractivity contribution in [3.8, 4) is 0 Å². The van der Waals surface area contributed by atoms with E-state index in [1.807, 2.05) is 42.8 Å². The minimum absolute atomic E-state index is 0.144. The third kappa shape index (κ3) is 4.23. The zero-order valence-corrected chi connectivity index (χ0v) is 19.1. The summed E-state index contributed by atoms with van der Waals surface area (Å²) >= 11 is 1.59. The number of allylic oxidation sites excluding steroid dienone is 1. The zero-order chi connectivity index (χ0) is 22.0. The summed E-state index contributed by atoms with van der Waals surface area (Å²) in [7, 11) is 0. The predicted octanol–water partition coefficient (Wildman–Crippen LogP) is 5.19. The minimum Gasteiger partial charge on any atom is -0.328 e. The molecule has 2 aromatic carbocycles. The van der Waals surface area contributed by atoms with E-state index in [0.717, 1.165) is 34.7 Å². The maximum atomic E-state index is 13.5. The second kappa shape index (κ2) is 8.98. The number of nitrogens with zero attached hydrogens (tertiary/aromatic N) is 3. The van der Waals surface area contributed by atoms with Crippen LogP contribution in [0.3, 0.4) is 0 Å². The number of aromatic nitrogens is 3. The summed E-state index contributed by atoms with van der Waals surface area (Å²) in [5, 5.41) is 11.8. The van der Waals surface area contributed by atoms with Crippen LogP contribution in [0.25, 0.3) is 0 Å². The molecule has 2 heterocycles. The molecular formula is C24H27N5OS. The number of carbonyl (C=O) groups excluding carboxylic acids is 1. The van der Waals surface area contributed by atoms with Gasteiger partial charge in [-0.25, -0.2) is 4.68 Å². The number of aryl methyl sites for hydroxylation is 2. The Morgan fingerprint density at radius 3 is 2.55 bits per heavy atom. The van der Waals surface area contributed by atoms with Gasteiger partial charge in [0, 0.05) is 11.4 Å². The summed E-state index contributed by atoms with van der Waals surface area (Å²) in [6, 6.07) is 15.8. The van der Waals surface area contributed by atoms with Crippen LogP contribution in [0.4, 0.5) is 11.6 Å². The molecule has 6 nitrogen and oxygen atoms in total. The van der Waals surface area contributed by atoms with E-state index in [2.05, 4.69) is 53.7 Å². The Bertz CT molecular complexity index is 1130. The SMILES string of the molecule is CCSc1nc2n(n1)C(c1ccc(CC)cc1)C(C(=O)Nc1ccccc1C)=C(C)N2. The highest BCUT2D eigenvalue weighted by molar-refractivity contribution is 7.99. The van der Waals surface area contributed by atoms with Gasteiger partial charge >= 0.3 is 0 Å². The lowest BCUT2D eigenvalue weighted by Crippen LogP contribution is -2.31. The van der Waals surface area contributed by atoms with Crippen molar-refractivity contribution in [2.75, 3.05) is 16.4 Å². The van der Waals surface area contributed by atoms with Crippen LogP contribution in [0.15, 0.2) is 65.0 Å². The topological polar surface area (TPSA) is 71.8 Å². The lowest BCUT2D eigenvalue weighted by Gasteiger charge is -2.29. The highest BCUT2D eigenvalue weighted by Crippen LogP contribution is 2.37. The molecule has 4 rings (SSSR count). The highest BCUT2D eigenvalue weighted by Gasteiger charge is 2.34. The number of thioether (sulfide) groups is 1. The van der Waals surface area contributed by atoms with Gasteiger partial charge in [0.1, 0.15) is 6.04 Å². The van der Waals surface area contributed by atoms with Crippen LogP contribution >= 0.6 is 11.8 Å². The number of para-hydroxylation sites is 1. The van der Waals surface area contributed by atoms with Crippen molar-refractivity contribution < 1.29 is 4.79 Å². The molecule has 2 N–H and O–H groups in total. The van der Waals surface area contributed by atoms with Crippen LogP contribution in [0.2, 0.25) is 0 Å².